The quantitative estimate of drug-likeness (QED) is 0.803. The lowest BCUT2D eigenvalue weighted by atomic mass is 9.97. The monoisotopic (exact) mass is 375 g/mol. The molecule has 26 heavy (non-hydrogen) atoms. The third kappa shape index (κ3) is 4.07. The largest absolute Gasteiger partial charge is 0.480 e. The van der Waals surface area contributed by atoms with Crippen LogP contribution in [0.2, 0.25) is 0 Å². The highest BCUT2D eigenvalue weighted by Crippen LogP contribution is 2.31. The standard InChI is InChI=1S/C18H21N3O4S/c1-11(18(23)24)26-15-8-4-3-7-14(15)17(22)21-9-5-6-13(10-21)16-19-12(2)20-25-16/h3-4,7-8,11,13H,5-6,9-10H2,1-2H3,(H,23,24). The zero-order chi connectivity index (χ0) is 18.7. The second kappa shape index (κ2) is 7.90. The minimum absolute atomic E-state index is 0.0339. The van der Waals surface area contributed by atoms with Crippen LogP contribution in [0.4, 0.5) is 0 Å². The zero-order valence-corrected chi connectivity index (χ0v) is 15.5. The summed E-state index contributed by atoms with van der Waals surface area (Å²) in [5.74, 6) is 0.204. The number of carbonyl (C=O) groups excluding carboxylic acids is 1. The Balaban J connectivity index is 1.77. The van der Waals surface area contributed by atoms with Gasteiger partial charge in [0.15, 0.2) is 5.82 Å². The molecule has 3 rings (SSSR count). The maximum absolute atomic E-state index is 13.1. The van der Waals surface area contributed by atoms with Crippen molar-refractivity contribution in [2.24, 2.45) is 0 Å². The predicted molar refractivity (Wildman–Crippen MR) is 96.3 cm³/mol. The SMILES string of the molecule is Cc1noc(C2CCCN(C(=O)c3ccccc3SC(C)C(=O)O)C2)n1. The van der Waals surface area contributed by atoms with Gasteiger partial charge in [-0.2, -0.15) is 4.98 Å². The van der Waals surface area contributed by atoms with Crippen molar-refractivity contribution >= 4 is 23.6 Å². The van der Waals surface area contributed by atoms with Crippen molar-refractivity contribution in [2.75, 3.05) is 13.1 Å². The molecule has 138 valence electrons. The molecule has 0 radical (unpaired) electrons. The lowest BCUT2D eigenvalue weighted by molar-refractivity contribution is -0.136. The molecule has 2 unspecified atom stereocenters. The van der Waals surface area contributed by atoms with Gasteiger partial charge in [0, 0.05) is 18.0 Å². The van der Waals surface area contributed by atoms with Crippen molar-refractivity contribution in [3.8, 4) is 0 Å². The summed E-state index contributed by atoms with van der Waals surface area (Å²) >= 11 is 1.18. The Morgan fingerprint density at radius 3 is 2.85 bits per heavy atom. The average molecular weight is 375 g/mol. The van der Waals surface area contributed by atoms with E-state index in [0.717, 1.165) is 12.8 Å². The van der Waals surface area contributed by atoms with E-state index in [2.05, 4.69) is 10.1 Å². The molecule has 1 N–H and O–H groups in total. The summed E-state index contributed by atoms with van der Waals surface area (Å²) in [5, 5.41) is 12.4. The fraction of sp³-hybridized carbons (Fsp3) is 0.444. The Morgan fingerprint density at radius 2 is 2.15 bits per heavy atom. The summed E-state index contributed by atoms with van der Waals surface area (Å²) in [6, 6.07) is 7.15. The van der Waals surface area contributed by atoms with E-state index < -0.39 is 11.2 Å². The Kier molecular flexibility index (Phi) is 5.61. The predicted octanol–water partition coefficient (Wildman–Crippen LogP) is 2.96. The van der Waals surface area contributed by atoms with Gasteiger partial charge in [-0.25, -0.2) is 0 Å². The molecule has 2 atom stereocenters. The van der Waals surface area contributed by atoms with Crippen molar-refractivity contribution in [2.45, 2.75) is 42.8 Å². The molecule has 0 aliphatic carbocycles. The van der Waals surface area contributed by atoms with Gasteiger partial charge in [-0.1, -0.05) is 17.3 Å². The molecule has 1 amide bonds. The smallest absolute Gasteiger partial charge is 0.316 e. The molecule has 2 aromatic rings. The summed E-state index contributed by atoms with van der Waals surface area (Å²) < 4.78 is 5.27. The van der Waals surface area contributed by atoms with Crippen molar-refractivity contribution in [1.82, 2.24) is 15.0 Å². The minimum Gasteiger partial charge on any atom is -0.480 e. The third-order valence-electron chi connectivity index (χ3n) is 4.37. The maximum atomic E-state index is 13.1. The van der Waals surface area contributed by atoms with Crippen LogP contribution >= 0.6 is 11.8 Å². The molecule has 2 heterocycles. The highest BCUT2D eigenvalue weighted by atomic mass is 32.2. The summed E-state index contributed by atoms with van der Waals surface area (Å²) in [6.45, 7) is 4.57. The van der Waals surface area contributed by atoms with Crippen molar-refractivity contribution in [3.63, 3.8) is 0 Å². The molecule has 8 heteroatoms. The number of thioether (sulfide) groups is 1. The van der Waals surface area contributed by atoms with Gasteiger partial charge in [-0.05, 0) is 38.8 Å². The Morgan fingerprint density at radius 1 is 1.38 bits per heavy atom. The molecule has 0 spiro atoms. The first kappa shape index (κ1) is 18.4. The first-order valence-electron chi connectivity index (χ1n) is 8.53. The van der Waals surface area contributed by atoms with Gasteiger partial charge in [0.2, 0.25) is 5.89 Å². The van der Waals surface area contributed by atoms with E-state index >= 15 is 0 Å². The molecular weight excluding hydrogens is 354 g/mol. The van der Waals surface area contributed by atoms with E-state index in [9.17, 15) is 9.59 Å². The van der Waals surface area contributed by atoms with E-state index in [-0.39, 0.29) is 11.8 Å². The van der Waals surface area contributed by atoms with Crippen LogP contribution < -0.4 is 0 Å². The topological polar surface area (TPSA) is 96.5 Å². The van der Waals surface area contributed by atoms with E-state index in [0.29, 0.717) is 35.3 Å². The van der Waals surface area contributed by atoms with Gasteiger partial charge >= 0.3 is 5.97 Å². The molecule has 1 aliphatic heterocycles. The van der Waals surface area contributed by atoms with Gasteiger partial charge in [0.1, 0.15) is 5.25 Å². The number of likely N-dealkylation sites (tertiary alicyclic amines) is 1. The van der Waals surface area contributed by atoms with Crippen LogP contribution in [0.3, 0.4) is 0 Å². The second-order valence-corrected chi connectivity index (χ2v) is 7.75. The van der Waals surface area contributed by atoms with Crippen LogP contribution in [-0.2, 0) is 4.79 Å². The zero-order valence-electron chi connectivity index (χ0n) is 14.7. The summed E-state index contributed by atoms with van der Waals surface area (Å²) in [7, 11) is 0. The van der Waals surface area contributed by atoms with Gasteiger partial charge in [0.05, 0.1) is 11.5 Å². The molecule has 1 aromatic carbocycles. The number of carbonyl (C=O) groups is 2. The summed E-state index contributed by atoms with van der Waals surface area (Å²) in [4.78, 5) is 31.0. The number of benzene rings is 1. The fourth-order valence-corrected chi connectivity index (χ4v) is 3.92. The lowest BCUT2D eigenvalue weighted by Crippen LogP contribution is -2.39. The number of aromatic nitrogens is 2. The highest BCUT2D eigenvalue weighted by molar-refractivity contribution is 8.00. The van der Waals surface area contributed by atoms with E-state index in [1.54, 1.807) is 36.9 Å². The number of rotatable bonds is 5. The van der Waals surface area contributed by atoms with Crippen molar-refractivity contribution in [1.29, 1.82) is 0 Å². The number of hydrogen-bond acceptors (Lipinski definition) is 6. The van der Waals surface area contributed by atoms with Crippen LogP contribution in [0, 0.1) is 6.92 Å². The van der Waals surface area contributed by atoms with Gasteiger partial charge in [-0.3, -0.25) is 9.59 Å². The minimum atomic E-state index is -0.901. The molecular formula is C18H21N3O4S. The third-order valence-corrected chi connectivity index (χ3v) is 5.54. The number of aryl methyl sites for hydroxylation is 1. The Hall–Kier alpha value is -2.35. The van der Waals surface area contributed by atoms with E-state index in [4.69, 9.17) is 9.63 Å². The van der Waals surface area contributed by atoms with Gasteiger partial charge in [0.25, 0.3) is 5.91 Å². The summed E-state index contributed by atoms with van der Waals surface area (Å²) in [6.07, 6.45) is 1.76. The summed E-state index contributed by atoms with van der Waals surface area (Å²) in [5.41, 5.74) is 0.535. The van der Waals surface area contributed by atoms with Crippen LogP contribution in [0.5, 0.6) is 0 Å². The first-order valence-corrected chi connectivity index (χ1v) is 9.41. The number of carboxylic acid groups (broad SMARTS) is 1. The molecule has 1 saturated heterocycles. The highest BCUT2D eigenvalue weighted by Gasteiger charge is 2.30. The van der Waals surface area contributed by atoms with Gasteiger partial charge < -0.3 is 14.5 Å². The van der Waals surface area contributed by atoms with E-state index in [1.165, 1.54) is 11.8 Å². The molecule has 0 bridgehead atoms. The normalized spacial score (nSPS) is 18.5. The number of carboxylic acids is 1. The van der Waals surface area contributed by atoms with Crippen LogP contribution in [0.15, 0.2) is 33.7 Å². The lowest BCUT2D eigenvalue weighted by Gasteiger charge is -2.31. The number of aliphatic carboxylic acids is 1. The molecule has 7 nitrogen and oxygen atoms in total. The number of nitrogens with zero attached hydrogens (tertiary/aromatic N) is 3. The Bertz CT molecular complexity index is 807. The molecule has 1 aromatic heterocycles. The van der Waals surface area contributed by atoms with Crippen molar-refractivity contribution in [3.05, 3.63) is 41.5 Å². The average Bonchev–Trinajstić information content (AvgIpc) is 3.08. The number of piperidine rings is 1. The van der Waals surface area contributed by atoms with Crippen LogP contribution in [0.25, 0.3) is 0 Å². The second-order valence-electron chi connectivity index (χ2n) is 6.36. The number of hydrogen-bond donors (Lipinski definition) is 1. The maximum Gasteiger partial charge on any atom is 0.316 e. The number of amides is 1. The van der Waals surface area contributed by atoms with E-state index in [1.807, 2.05) is 6.07 Å². The van der Waals surface area contributed by atoms with Crippen LogP contribution in [-0.4, -0.2) is 50.4 Å². The fourth-order valence-electron chi connectivity index (χ4n) is 3.00. The van der Waals surface area contributed by atoms with Crippen LogP contribution in [0.1, 0.15) is 47.8 Å². The Labute approximate surface area is 155 Å². The molecule has 1 fully saturated rings. The first-order chi connectivity index (χ1) is 12.5. The molecule has 0 saturated carbocycles. The van der Waals surface area contributed by atoms with Crippen molar-refractivity contribution < 1.29 is 19.2 Å². The van der Waals surface area contributed by atoms with Gasteiger partial charge in [-0.15, -0.1) is 11.8 Å². The molecule has 1 aliphatic rings.